The third kappa shape index (κ3) is 3.79. The molecule has 4 rings (SSSR count). The second-order valence-corrected chi connectivity index (χ2v) is 7.14. The molecule has 0 aliphatic carbocycles. The highest BCUT2D eigenvalue weighted by molar-refractivity contribution is 7.71. The largest absolute Gasteiger partial charge is 0.494 e. The number of nitrogens with one attached hydrogen (secondary N) is 1. The molecule has 6 nitrogen and oxygen atoms in total. The van der Waals surface area contributed by atoms with Crippen molar-refractivity contribution in [2.75, 3.05) is 13.2 Å². The highest BCUT2D eigenvalue weighted by atomic mass is 32.1. The van der Waals surface area contributed by atoms with Gasteiger partial charge in [-0.3, -0.25) is 0 Å². The maximum atomic E-state index is 5.61. The minimum atomic E-state index is 0.449. The molecular weight excluding hydrogens is 358 g/mol. The van der Waals surface area contributed by atoms with Crippen molar-refractivity contribution in [2.45, 2.75) is 32.5 Å². The van der Waals surface area contributed by atoms with E-state index in [9.17, 15) is 0 Å². The summed E-state index contributed by atoms with van der Waals surface area (Å²) in [6.07, 6.45) is 2.37. The zero-order valence-electron chi connectivity index (χ0n) is 15.4. The molecule has 0 spiro atoms. The molecule has 2 aromatic carbocycles. The molecule has 1 aliphatic rings. The summed E-state index contributed by atoms with van der Waals surface area (Å²) in [7, 11) is 0. The number of aromatic nitrogens is 4. The van der Waals surface area contributed by atoms with Gasteiger partial charge in [-0.05, 0) is 66.0 Å². The summed E-state index contributed by atoms with van der Waals surface area (Å²) in [5, 5.41) is 8.56. The molecule has 1 fully saturated rings. The van der Waals surface area contributed by atoms with Gasteiger partial charge in [-0.25, -0.2) is 0 Å². The van der Waals surface area contributed by atoms with E-state index in [1.165, 1.54) is 23.3 Å². The number of hydrogen-bond acceptors (Lipinski definition) is 4. The normalized spacial score (nSPS) is 19.3. The van der Waals surface area contributed by atoms with Gasteiger partial charge < -0.3 is 9.64 Å². The summed E-state index contributed by atoms with van der Waals surface area (Å²) in [4.78, 5) is 1.47. The molecule has 0 amide bonds. The number of rotatable bonds is 6. The first-order valence-corrected chi connectivity index (χ1v) is 9.82. The number of nitrogens with zero attached hydrogens (tertiary/aromatic N) is 4. The van der Waals surface area contributed by atoms with Gasteiger partial charge in [0.25, 0.3) is 0 Å². The molecule has 140 valence electrons. The second-order valence-electron chi connectivity index (χ2n) is 6.77. The van der Waals surface area contributed by atoms with Crippen LogP contribution in [-0.2, 0) is 6.67 Å². The molecule has 3 aromatic rings. The Hall–Kier alpha value is -2.51. The van der Waals surface area contributed by atoms with Gasteiger partial charge >= 0.3 is 0 Å². The molecule has 1 N–H and O–H groups in total. The molecule has 1 aromatic heterocycles. The average Bonchev–Trinajstić information content (AvgIpc) is 3.31. The molecule has 0 bridgehead atoms. The van der Waals surface area contributed by atoms with Crippen LogP contribution < -0.4 is 9.64 Å². The summed E-state index contributed by atoms with van der Waals surface area (Å²) in [5.74, 6) is 0.925. The number of quaternary nitrogens is 1. The zero-order chi connectivity index (χ0) is 18.6. The van der Waals surface area contributed by atoms with Crippen molar-refractivity contribution in [1.29, 1.82) is 0 Å². The van der Waals surface area contributed by atoms with Crippen molar-refractivity contribution < 1.29 is 9.64 Å². The third-order valence-electron chi connectivity index (χ3n) is 5.07. The number of para-hydroxylation sites is 1. The minimum absolute atomic E-state index is 0.449. The van der Waals surface area contributed by atoms with Crippen LogP contribution in [0.1, 0.15) is 31.4 Å². The van der Waals surface area contributed by atoms with Gasteiger partial charge in [-0.15, -0.1) is 0 Å². The van der Waals surface area contributed by atoms with Crippen molar-refractivity contribution in [2.24, 2.45) is 0 Å². The third-order valence-corrected chi connectivity index (χ3v) is 5.45. The monoisotopic (exact) mass is 382 g/mol. The minimum Gasteiger partial charge on any atom is -0.494 e. The van der Waals surface area contributed by atoms with E-state index in [0.29, 0.717) is 17.4 Å². The number of ether oxygens (including phenoxy) is 1. The van der Waals surface area contributed by atoms with E-state index in [1.54, 1.807) is 4.68 Å². The SMILES string of the molecule is CCOc1ccc([C@@H]2CCC[NH+]2Cn2nnn(-c3ccccc3)c2=S)cc1. The second kappa shape index (κ2) is 8.02. The highest BCUT2D eigenvalue weighted by Crippen LogP contribution is 2.22. The van der Waals surface area contributed by atoms with E-state index in [2.05, 4.69) is 34.7 Å². The molecule has 7 heteroatoms. The lowest BCUT2D eigenvalue weighted by atomic mass is 10.0. The number of likely N-dealkylation sites (tertiary alicyclic amines) is 1. The molecule has 1 unspecified atom stereocenters. The van der Waals surface area contributed by atoms with Gasteiger partial charge in [-0.2, -0.15) is 9.36 Å². The highest BCUT2D eigenvalue weighted by Gasteiger charge is 2.30. The molecule has 0 radical (unpaired) electrons. The van der Waals surface area contributed by atoms with E-state index < -0.39 is 0 Å². The Morgan fingerprint density at radius 2 is 1.89 bits per heavy atom. The first-order valence-electron chi connectivity index (χ1n) is 9.42. The first-order chi connectivity index (χ1) is 13.3. The van der Waals surface area contributed by atoms with Gasteiger partial charge in [0.05, 0.1) is 18.8 Å². The molecule has 1 aliphatic heterocycles. The fraction of sp³-hybridized carbons (Fsp3) is 0.350. The van der Waals surface area contributed by atoms with Gasteiger partial charge in [0.2, 0.25) is 4.77 Å². The summed E-state index contributed by atoms with van der Waals surface area (Å²) >= 11 is 5.61. The molecule has 1 saturated heterocycles. The van der Waals surface area contributed by atoms with Crippen LogP contribution in [0.25, 0.3) is 5.69 Å². The van der Waals surface area contributed by atoms with Gasteiger partial charge in [0.1, 0.15) is 11.8 Å². The summed E-state index contributed by atoms with van der Waals surface area (Å²) < 4.78 is 9.75. The molecule has 27 heavy (non-hydrogen) atoms. The predicted octanol–water partition coefficient (Wildman–Crippen LogP) is 2.57. The first kappa shape index (κ1) is 17.9. The Kier molecular flexibility index (Phi) is 5.31. The van der Waals surface area contributed by atoms with Crippen LogP contribution in [0.3, 0.4) is 0 Å². The Bertz CT molecular complexity index is 935. The van der Waals surface area contributed by atoms with Crippen molar-refractivity contribution in [3.63, 3.8) is 0 Å². The van der Waals surface area contributed by atoms with E-state index in [-0.39, 0.29) is 0 Å². The Morgan fingerprint density at radius 1 is 1.11 bits per heavy atom. The number of hydrogen-bond donors (Lipinski definition) is 1. The Balaban J connectivity index is 1.52. The lowest BCUT2D eigenvalue weighted by Crippen LogP contribution is -3.09. The molecule has 2 heterocycles. The lowest BCUT2D eigenvalue weighted by molar-refractivity contribution is -0.941. The molecule has 2 atom stereocenters. The van der Waals surface area contributed by atoms with Gasteiger partial charge in [0.15, 0.2) is 6.67 Å². The van der Waals surface area contributed by atoms with Crippen molar-refractivity contribution in [3.8, 4) is 11.4 Å². The van der Waals surface area contributed by atoms with Gasteiger partial charge in [-0.1, -0.05) is 18.2 Å². The van der Waals surface area contributed by atoms with Crippen LogP contribution in [0.4, 0.5) is 0 Å². The topological polar surface area (TPSA) is 49.3 Å². The zero-order valence-corrected chi connectivity index (χ0v) is 16.2. The lowest BCUT2D eigenvalue weighted by Gasteiger charge is -2.21. The fourth-order valence-corrected chi connectivity index (χ4v) is 4.01. The van der Waals surface area contributed by atoms with Crippen molar-refractivity contribution in [1.82, 2.24) is 19.8 Å². The fourth-order valence-electron chi connectivity index (χ4n) is 3.76. The quantitative estimate of drug-likeness (QED) is 0.666. The van der Waals surface area contributed by atoms with Crippen LogP contribution >= 0.6 is 12.2 Å². The van der Waals surface area contributed by atoms with Crippen LogP contribution in [0.2, 0.25) is 0 Å². The predicted molar refractivity (Wildman–Crippen MR) is 106 cm³/mol. The standard InChI is InChI=1S/C20H23N5OS/c1-2-26-18-12-10-16(11-13-18)19-9-6-14-23(19)15-24-20(27)25(22-21-24)17-7-4-3-5-8-17/h3-5,7-8,10-13,19H,2,6,9,14-15H2,1H3/p+1/t19-/m0/s1. The van der Waals surface area contributed by atoms with E-state index in [1.807, 2.05) is 41.9 Å². The maximum absolute atomic E-state index is 5.61. The summed E-state index contributed by atoms with van der Waals surface area (Å²) in [5.41, 5.74) is 2.28. The Labute approximate surface area is 164 Å². The van der Waals surface area contributed by atoms with Crippen LogP contribution in [-0.4, -0.2) is 32.9 Å². The van der Waals surface area contributed by atoms with E-state index >= 15 is 0 Å². The van der Waals surface area contributed by atoms with Crippen molar-refractivity contribution in [3.05, 3.63) is 64.9 Å². The Morgan fingerprint density at radius 3 is 2.63 bits per heavy atom. The molecule has 0 saturated carbocycles. The average molecular weight is 383 g/mol. The summed E-state index contributed by atoms with van der Waals surface area (Å²) in [6.45, 7) is 4.53. The summed E-state index contributed by atoms with van der Waals surface area (Å²) in [6, 6.07) is 18.8. The smallest absolute Gasteiger partial charge is 0.225 e. The molecular formula is C20H24N5OS+. The van der Waals surface area contributed by atoms with Crippen molar-refractivity contribution >= 4 is 12.2 Å². The van der Waals surface area contributed by atoms with Crippen LogP contribution in [0, 0.1) is 4.77 Å². The number of benzene rings is 2. The van der Waals surface area contributed by atoms with Gasteiger partial charge in [0, 0.05) is 18.4 Å². The van der Waals surface area contributed by atoms with Crippen LogP contribution in [0.15, 0.2) is 54.6 Å². The van der Waals surface area contributed by atoms with Crippen LogP contribution in [0.5, 0.6) is 5.75 Å². The van der Waals surface area contributed by atoms with E-state index in [0.717, 1.165) is 24.7 Å². The number of tetrazole rings is 1. The maximum Gasteiger partial charge on any atom is 0.225 e. The van der Waals surface area contributed by atoms with E-state index in [4.69, 9.17) is 17.0 Å².